The highest BCUT2D eigenvalue weighted by atomic mass is 32.2. The average Bonchev–Trinajstić information content (AvgIpc) is 3.25. The summed E-state index contributed by atoms with van der Waals surface area (Å²) in [7, 11) is -0.954. The molecule has 140 valence electrons. The normalized spacial score (nSPS) is 18.2. The maximum absolute atomic E-state index is 13.2. The van der Waals surface area contributed by atoms with E-state index in [4.69, 9.17) is 0 Å². The molecule has 0 saturated heterocycles. The fourth-order valence-electron chi connectivity index (χ4n) is 2.68. The molecule has 1 unspecified atom stereocenters. The van der Waals surface area contributed by atoms with E-state index >= 15 is 0 Å². The molecule has 0 amide bonds. The molecule has 3 nitrogen and oxygen atoms in total. The van der Waals surface area contributed by atoms with Crippen LogP contribution in [0.3, 0.4) is 0 Å². The second kappa shape index (κ2) is 7.65. The molecule has 3 aromatic rings. The van der Waals surface area contributed by atoms with Crippen molar-refractivity contribution in [3.8, 4) is 0 Å². The number of hydrogen-bond acceptors (Lipinski definition) is 5. The Hall–Kier alpha value is -1.84. The molecule has 0 saturated carbocycles. The maximum Gasteiger partial charge on any atom is 0.416 e. The minimum absolute atomic E-state index is 0.294. The van der Waals surface area contributed by atoms with E-state index < -0.39 is 22.6 Å². The molecule has 1 atom stereocenters. The van der Waals surface area contributed by atoms with Gasteiger partial charge in [0.05, 0.1) is 26.4 Å². The second-order valence-corrected chi connectivity index (χ2v) is 10.0. The molecule has 0 N–H and O–H groups in total. The Morgan fingerprint density at radius 1 is 1.04 bits per heavy atom. The summed E-state index contributed by atoms with van der Waals surface area (Å²) in [6.07, 6.45) is -4.35. The number of hydrogen-bond donors (Lipinski definition) is 1. The summed E-state index contributed by atoms with van der Waals surface area (Å²) in [5.74, 6) is 0.882. The number of nitrogens with zero attached hydrogens (tertiary/aromatic N) is 3. The molecule has 0 fully saturated rings. The minimum atomic E-state index is -4.35. The number of thiazole rings is 1. The molecule has 27 heavy (non-hydrogen) atoms. The topological polar surface area (TPSA) is 37.6 Å². The lowest BCUT2D eigenvalue weighted by Crippen LogP contribution is -2.11. The Bertz CT molecular complexity index is 994. The van der Waals surface area contributed by atoms with Crippen molar-refractivity contribution in [2.45, 2.75) is 16.3 Å². The molecule has 1 aliphatic heterocycles. The molecule has 4 rings (SSSR count). The smallest absolute Gasteiger partial charge is 0.230 e. The fourth-order valence-corrected chi connectivity index (χ4v) is 6.77. The van der Waals surface area contributed by atoms with Crippen LogP contribution in [0.15, 0.2) is 63.1 Å². The van der Waals surface area contributed by atoms with Crippen LogP contribution in [0, 0.1) is 0 Å². The average molecular weight is 426 g/mol. The first-order chi connectivity index (χ1) is 13.0. The van der Waals surface area contributed by atoms with Crippen LogP contribution in [-0.4, -0.2) is 21.3 Å². The number of thioether (sulfide) groups is 1. The fraction of sp³-hybridized carbons (Fsp3) is 0.167. The highest BCUT2D eigenvalue weighted by molar-refractivity contribution is 8.40. The molecule has 1 aromatic heterocycles. The maximum atomic E-state index is 13.2. The number of halogens is 3. The van der Waals surface area contributed by atoms with Crippen molar-refractivity contribution in [3.05, 3.63) is 59.7 Å². The summed E-state index contributed by atoms with van der Waals surface area (Å²) in [5, 5.41) is 8.97. The molecule has 2 aromatic carbocycles. The minimum Gasteiger partial charge on any atom is -0.230 e. The van der Waals surface area contributed by atoms with Crippen LogP contribution in [0.5, 0.6) is 0 Å². The van der Waals surface area contributed by atoms with E-state index in [2.05, 4.69) is 15.2 Å². The van der Waals surface area contributed by atoms with E-state index in [1.165, 1.54) is 12.1 Å². The van der Waals surface area contributed by atoms with Gasteiger partial charge in [-0.25, -0.2) is 4.98 Å². The van der Waals surface area contributed by atoms with Crippen LogP contribution in [0.4, 0.5) is 13.2 Å². The van der Waals surface area contributed by atoms with Crippen molar-refractivity contribution < 1.29 is 13.2 Å². The summed E-state index contributed by atoms with van der Waals surface area (Å²) < 4.78 is 41.7. The predicted molar refractivity (Wildman–Crippen MR) is 110 cm³/mol. The largest absolute Gasteiger partial charge is 0.416 e. The van der Waals surface area contributed by atoms with Gasteiger partial charge in [0.2, 0.25) is 0 Å². The molecule has 2 heterocycles. The zero-order chi connectivity index (χ0) is 18.9. The van der Waals surface area contributed by atoms with Gasteiger partial charge in [0.15, 0.2) is 4.34 Å². The molecule has 0 radical (unpaired) electrons. The van der Waals surface area contributed by atoms with Gasteiger partial charge in [0, 0.05) is 11.5 Å². The Morgan fingerprint density at radius 3 is 2.63 bits per heavy atom. The Kier molecular flexibility index (Phi) is 5.25. The van der Waals surface area contributed by atoms with Crippen LogP contribution in [0.1, 0.15) is 11.1 Å². The predicted octanol–water partition coefficient (Wildman–Crippen LogP) is 5.96. The van der Waals surface area contributed by atoms with Crippen molar-refractivity contribution in [1.82, 2.24) is 4.98 Å². The number of thiol groups is 1. The number of rotatable bonds is 5. The van der Waals surface area contributed by atoms with Crippen molar-refractivity contribution in [3.63, 3.8) is 0 Å². The third-order valence-electron chi connectivity index (χ3n) is 3.96. The number of fused-ring (bicyclic) bond motifs is 1. The van der Waals surface area contributed by atoms with Crippen molar-refractivity contribution in [2.24, 2.45) is 10.2 Å². The molecule has 0 aliphatic carbocycles. The molecule has 0 bridgehead atoms. The number of alkyl halides is 3. The van der Waals surface area contributed by atoms with Crippen LogP contribution in [0.25, 0.3) is 10.2 Å². The summed E-state index contributed by atoms with van der Waals surface area (Å²) >= 11 is 3.16. The zero-order valence-electron chi connectivity index (χ0n) is 13.8. The van der Waals surface area contributed by atoms with Gasteiger partial charge >= 0.3 is 6.18 Å². The lowest BCUT2D eigenvalue weighted by Gasteiger charge is -2.18. The molecule has 1 aliphatic rings. The van der Waals surface area contributed by atoms with E-state index in [9.17, 15) is 13.2 Å². The van der Waals surface area contributed by atoms with Crippen LogP contribution >= 0.6 is 34.0 Å². The zero-order valence-corrected chi connectivity index (χ0v) is 16.4. The number of benzene rings is 2. The van der Waals surface area contributed by atoms with Gasteiger partial charge in [-0.05, 0) is 23.8 Å². The van der Waals surface area contributed by atoms with Gasteiger partial charge in [-0.3, -0.25) is 0 Å². The molecule has 9 heteroatoms. The summed E-state index contributed by atoms with van der Waals surface area (Å²) in [6, 6.07) is 13.6. The SMILES string of the molecule is FC(F)(F)c1ccccc1C[SH]1C=NN=C1CSc1nc2ccccc2s1. The highest BCUT2D eigenvalue weighted by Gasteiger charge is 2.33. The number of para-hydroxylation sites is 1. The third-order valence-corrected chi connectivity index (χ3v) is 8.34. The standard InChI is InChI=1S/C18H14F3N3S3/c19-18(20,21)13-6-2-1-5-12(13)10-27-11-22-24-16(27)9-25-17-23-14-7-3-4-8-15(14)26-17/h1-8,11,27H,9-10H2. The van der Waals surface area contributed by atoms with Crippen LogP contribution in [-0.2, 0) is 11.9 Å². The van der Waals surface area contributed by atoms with E-state index in [-0.39, 0.29) is 0 Å². The van der Waals surface area contributed by atoms with Gasteiger partial charge in [-0.15, -0.1) is 16.4 Å². The summed E-state index contributed by atoms with van der Waals surface area (Å²) in [5.41, 5.74) is 2.36. The summed E-state index contributed by atoms with van der Waals surface area (Å²) in [4.78, 5) is 4.57. The third kappa shape index (κ3) is 4.20. The first kappa shape index (κ1) is 18.5. The first-order valence-corrected chi connectivity index (χ1v) is 11.4. The monoisotopic (exact) mass is 425 g/mol. The Balaban J connectivity index is 1.46. The Morgan fingerprint density at radius 2 is 1.81 bits per heavy atom. The first-order valence-electron chi connectivity index (χ1n) is 8.01. The van der Waals surface area contributed by atoms with Gasteiger partial charge in [0.25, 0.3) is 0 Å². The van der Waals surface area contributed by atoms with Crippen LogP contribution in [0.2, 0.25) is 0 Å². The second-order valence-electron chi connectivity index (χ2n) is 5.77. The van der Waals surface area contributed by atoms with Gasteiger partial charge < -0.3 is 0 Å². The Labute approximate surface area is 164 Å². The molecule has 0 spiro atoms. The van der Waals surface area contributed by atoms with Gasteiger partial charge in [-0.1, -0.05) is 42.1 Å². The van der Waals surface area contributed by atoms with E-state index in [1.807, 2.05) is 24.3 Å². The van der Waals surface area contributed by atoms with Gasteiger partial charge in [-0.2, -0.15) is 29.2 Å². The lowest BCUT2D eigenvalue weighted by atomic mass is 10.1. The van der Waals surface area contributed by atoms with Crippen LogP contribution < -0.4 is 0 Å². The van der Waals surface area contributed by atoms with Crippen molar-refractivity contribution >= 4 is 54.8 Å². The summed E-state index contributed by atoms with van der Waals surface area (Å²) in [6.45, 7) is 0. The van der Waals surface area contributed by atoms with Gasteiger partial charge in [0.1, 0.15) is 0 Å². The van der Waals surface area contributed by atoms with E-state index in [0.29, 0.717) is 17.1 Å². The van der Waals surface area contributed by atoms with Crippen molar-refractivity contribution in [2.75, 3.05) is 5.75 Å². The highest BCUT2D eigenvalue weighted by Crippen LogP contribution is 2.40. The van der Waals surface area contributed by atoms with Crippen molar-refractivity contribution in [1.29, 1.82) is 0 Å². The van der Waals surface area contributed by atoms with E-state index in [1.54, 1.807) is 34.7 Å². The molecular weight excluding hydrogens is 411 g/mol. The molecular formula is C18H14F3N3S3. The quantitative estimate of drug-likeness (QED) is 0.404. The number of aromatic nitrogens is 1. The lowest BCUT2D eigenvalue weighted by molar-refractivity contribution is -0.138. The van der Waals surface area contributed by atoms with E-state index in [0.717, 1.165) is 25.7 Å².